The summed E-state index contributed by atoms with van der Waals surface area (Å²) >= 11 is 12.3. The molecule has 9 nitrogen and oxygen atoms in total. The number of anilines is 1. The number of amidine groups is 1. The van der Waals surface area contributed by atoms with Crippen molar-refractivity contribution in [2.24, 2.45) is 4.99 Å². The molecule has 0 spiro atoms. The zero-order valence-corrected chi connectivity index (χ0v) is 19.5. The van der Waals surface area contributed by atoms with E-state index in [9.17, 15) is 4.79 Å². The van der Waals surface area contributed by atoms with E-state index in [-0.39, 0.29) is 16.3 Å². The molecule has 170 valence electrons. The number of hydrogen-bond donors (Lipinski definition) is 1. The number of ether oxygens (including phenoxy) is 3. The lowest BCUT2D eigenvalue weighted by molar-refractivity contribution is 0.0417. The van der Waals surface area contributed by atoms with Gasteiger partial charge in [0.1, 0.15) is 16.7 Å². The molecular weight excluding hydrogens is 445 g/mol. The summed E-state index contributed by atoms with van der Waals surface area (Å²) in [6.45, 7) is 4.87. The molecular formula is C20H27Cl2N5O4. The van der Waals surface area contributed by atoms with Crippen molar-refractivity contribution in [1.29, 1.82) is 0 Å². The van der Waals surface area contributed by atoms with E-state index in [0.717, 1.165) is 17.2 Å². The summed E-state index contributed by atoms with van der Waals surface area (Å²) in [7, 11) is 4.77. The summed E-state index contributed by atoms with van der Waals surface area (Å²) in [6.07, 6.45) is -0.616. The van der Waals surface area contributed by atoms with Crippen LogP contribution in [-0.2, 0) is 4.74 Å². The average molecular weight is 472 g/mol. The number of rotatable bonds is 5. The number of hydrogen-bond acceptors (Lipinski definition) is 7. The molecule has 1 saturated heterocycles. The topological polar surface area (TPSA) is 78.9 Å². The second-order valence-electron chi connectivity index (χ2n) is 6.93. The van der Waals surface area contributed by atoms with Crippen molar-refractivity contribution in [3.05, 3.63) is 28.5 Å². The molecule has 31 heavy (non-hydrogen) atoms. The standard InChI is InChI=1S/C20H27Cl2N5O4/c1-5-27-17(22)16(21)23-18(19(27)31-4)24-20(28)26-8-6-25(7-9-26)13-10-14(29-2)12-15(11-13)30-3/h10-12,19H,5-9H2,1-4H3,(H,23,24,28). The van der Waals surface area contributed by atoms with Crippen LogP contribution >= 0.6 is 23.2 Å². The smallest absolute Gasteiger partial charge is 0.323 e. The number of aliphatic imine (C=N–C) groups is 1. The Morgan fingerprint density at radius 2 is 1.71 bits per heavy atom. The van der Waals surface area contributed by atoms with E-state index >= 15 is 0 Å². The number of urea groups is 1. The maximum atomic E-state index is 12.9. The molecule has 0 aliphatic carbocycles. The molecule has 2 heterocycles. The molecule has 1 aromatic carbocycles. The SMILES string of the molecule is CCN1C(Cl)=C(Cl)N=C(NC(=O)N2CCN(c3cc(OC)cc(OC)c3)CC2)C1OC. The van der Waals surface area contributed by atoms with Gasteiger partial charge < -0.3 is 28.9 Å². The van der Waals surface area contributed by atoms with E-state index in [1.165, 1.54) is 7.11 Å². The monoisotopic (exact) mass is 471 g/mol. The lowest BCUT2D eigenvalue weighted by Crippen LogP contribution is -2.56. The van der Waals surface area contributed by atoms with Gasteiger partial charge in [-0.15, -0.1) is 0 Å². The summed E-state index contributed by atoms with van der Waals surface area (Å²) in [5.41, 5.74) is 0.984. The van der Waals surface area contributed by atoms with Crippen molar-refractivity contribution in [2.45, 2.75) is 13.2 Å². The maximum absolute atomic E-state index is 12.9. The van der Waals surface area contributed by atoms with Gasteiger partial charge in [-0.05, 0) is 6.92 Å². The summed E-state index contributed by atoms with van der Waals surface area (Å²) in [4.78, 5) is 22.7. The van der Waals surface area contributed by atoms with Crippen LogP contribution in [0, 0.1) is 0 Å². The number of carbonyl (C=O) groups excluding carboxylic acids is 1. The van der Waals surface area contributed by atoms with Crippen LogP contribution in [0.3, 0.4) is 0 Å². The van der Waals surface area contributed by atoms with Crippen LogP contribution in [0.4, 0.5) is 10.5 Å². The zero-order chi connectivity index (χ0) is 22.5. The van der Waals surface area contributed by atoms with Crippen LogP contribution < -0.4 is 19.7 Å². The first-order chi connectivity index (χ1) is 14.9. The fraction of sp³-hybridized carbons (Fsp3) is 0.500. The number of piperazine rings is 1. The van der Waals surface area contributed by atoms with Crippen LogP contribution in [0.25, 0.3) is 0 Å². The molecule has 0 bridgehead atoms. The molecule has 3 rings (SSSR count). The third-order valence-corrected chi connectivity index (χ3v) is 5.98. The molecule has 2 aliphatic rings. The number of likely N-dealkylation sites (N-methyl/N-ethyl adjacent to an activating group) is 1. The minimum atomic E-state index is -0.616. The molecule has 2 amide bonds. The third-order valence-electron chi connectivity index (χ3n) is 5.23. The first kappa shape index (κ1) is 23.3. The normalized spacial score (nSPS) is 19.4. The number of amides is 2. The largest absolute Gasteiger partial charge is 0.497 e. The number of benzene rings is 1. The van der Waals surface area contributed by atoms with Gasteiger partial charge in [0.15, 0.2) is 17.2 Å². The Hall–Kier alpha value is -2.36. The number of methoxy groups -OCH3 is 3. The summed E-state index contributed by atoms with van der Waals surface area (Å²) in [5, 5.41) is 3.23. The number of nitrogens with zero attached hydrogens (tertiary/aromatic N) is 4. The van der Waals surface area contributed by atoms with Crippen LogP contribution in [0.1, 0.15) is 6.92 Å². The zero-order valence-electron chi connectivity index (χ0n) is 18.0. The highest BCUT2D eigenvalue weighted by atomic mass is 35.5. The summed E-state index contributed by atoms with van der Waals surface area (Å²) in [5.74, 6) is 1.75. The van der Waals surface area contributed by atoms with Gasteiger partial charge in [0, 0.05) is 63.7 Å². The van der Waals surface area contributed by atoms with Crippen molar-refractivity contribution >= 4 is 40.8 Å². The minimum absolute atomic E-state index is 0.115. The first-order valence-electron chi connectivity index (χ1n) is 9.89. The molecule has 0 radical (unpaired) electrons. The molecule has 2 aliphatic heterocycles. The minimum Gasteiger partial charge on any atom is -0.497 e. The van der Waals surface area contributed by atoms with Gasteiger partial charge in [-0.25, -0.2) is 9.79 Å². The van der Waals surface area contributed by atoms with Crippen molar-refractivity contribution in [1.82, 2.24) is 15.1 Å². The lowest BCUT2D eigenvalue weighted by atomic mass is 10.2. The number of halogens is 2. The van der Waals surface area contributed by atoms with Crippen molar-refractivity contribution in [2.75, 3.05) is 59.0 Å². The molecule has 1 N–H and O–H groups in total. The first-order valence-corrected chi connectivity index (χ1v) is 10.6. The highest BCUT2D eigenvalue weighted by Crippen LogP contribution is 2.29. The van der Waals surface area contributed by atoms with E-state index in [0.29, 0.717) is 38.6 Å². The summed E-state index contributed by atoms with van der Waals surface area (Å²) in [6, 6.07) is 5.48. The van der Waals surface area contributed by atoms with Crippen LogP contribution in [0.15, 0.2) is 33.5 Å². The maximum Gasteiger partial charge on any atom is 0.323 e. The Morgan fingerprint density at radius 3 is 2.23 bits per heavy atom. The Labute approximate surface area is 192 Å². The van der Waals surface area contributed by atoms with E-state index in [1.54, 1.807) is 24.0 Å². The number of nitrogens with one attached hydrogen (secondary N) is 1. The van der Waals surface area contributed by atoms with Crippen LogP contribution in [0.2, 0.25) is 0 Å². The second kappa shape index (κ2) is 10.3. The molecule has 11 heteroatoms. The predicted octanol–water partition coefficient (Wildman–Crippen LogP) is 2.85. The molecule has 0 aromatic heterocycles. The van der Waals surface area contributed by atoms with E-state index < -0.39 is 6.23 Å². The van der Waals surface area contributed by atoms with Gasteiger partial charge in [-0.1, -0.05) is 23.2 Å². The molecule has 1 unspecified atom stereocenters. The van der Waals surface area contributed by atoms with Crippen LogP contribution in [-0.4, -0.2) is 81.9 Å². The van der Waals surface area contributed by atoms with E-state index in [2.05, 4.69) is 15.2 Å². The Balaban J connectivity index is 1.65. The average Bonchev–Trinajstić information content (AvgIpc) is 2.80. The summed E-state index contributed by atoms with van der Waals surface area (Å²) < 4.78 is 16.2. The van der Waals surface area contributed by atoms with Crippen LogP contribution in [0.5, 0.6) is 11.5 Å². The van der Waals surface area contributed by atoms with E-state index in [4.69, 9.17) is 37.4 Å². The highest BCUT2D eigenvalue weighted by Gasteiger charge is 2.32. The van der Waals surface area contributed by atoms with Gasteiger partial charge in [-0.3, -0.25) is 5.32 Å². The number of carbonyl (C=O) groups is 1. The Bertz CT molecular complexity index is 849. The fourth-order valence-corrected chi connectivity index (χ4v) is 3.99. The quantitative estimate of drug-likeness (QED) is 0.665. The van der Waals surface area contributed by atoms with Gasteiger partial charge >= 0.3 is 6.03 Å². The Morgan fingerprint density at radius 1 is 1.10 bits per heavy atom. The van der Waals surface area contributed by atoms with Crippen molar-refractivity contribution in [3.8, 4) is 11.5 Å². The molecule has 1 fully saturated rings. The van der Waals surface area contributed by atoms with Gasteiger partial charge in [0.2, 0.25) is 0 Å². The fourth-order valence-electron chi connectivity index (χ4n) is 3.54. The highest BCUT2D eigenvalue weighted by molar-refractivity contribution is 6.39. The predicted molar refractivity (Wildman–Crippen MR) is 121 cm³/mol. The molecule has 1 atom stereocenters. The van der Waals surface area contributed by atoms with E-state index in [1.807, 2.05) is 25.1 Å². The molecule has 0 saturated carbocycles. The third kappa shape index (κ3) is 5.11. The van der Waals surface area contributed by atoms with Gasteiger partial charge in [0.05, 0.1) is 14.2 Å². The van der Waals surface area contributed by atoms with Crippen molar-refractivity contribution < 1.29 is 19.0 Å². The van der Waals surface area contributed by atoms with Gasteiger partial charge in [-0.2, -0.15) is 0 Å². The Kier molecular flexibility index (Phi) is 7.74. The lowest BCUT2D eigenvalue weighted by Gasteiger charge is -2.38. The van der Waals surface area contributed by atoms with Gasteiger partial charge in [0.25, 0.3) is 0 Å². The molecule has 1 aromatic rings. The van der Waals surface area contributed by atoms with Crippen molar-refractivity contribution in [3.63, 3.8) is 0 Å². The second-order valence-corrected chi connectivity index (χ2v) is 7.64.